The van der Waals surface area contributed by atoms with Gasteiger partial charge >= 0.3 is 0 Å². The topological polar surface area (TPSA) is 62.2 Å². The minimum Gasteiger partial charge on any atom is -0.349 e. The van der Waals surface area contributed by atoms with Gasteiger partial charge in [-0.25, -0.2) is 14.4 Å². The molecule has 3 rings (SSSR count). The van der Waals surface area contributed by atoms with Crippen LogP contribution in [0.1, 0.15) is 12.0 Å². The van der Waals surface area contributed by atoms with Crippen LogP contribution in [0, 0.1) is 0 Å². The predicted octanol–water partition coefficient (Wildman–Crippen LogP) is 1.49. The molecule has 0 spiro atoms. The molecule has 0 N–H and O–H groups in total. The first-order valence-electron chi connectivity index (χ1n) is 7.93. The number of anilines is 1. The number of pyridine rings is 1. The summed E-state index contributed by atoms with van der Waals surface area (Å²) in [6.45, 7) is 0.760. The zero-order valence-electron chi connectivity index (χ0n) is 13.5. The number of aromatic nitrogens is 3. The summed E-state index contributed by atoms with van der Waals surface area (Å²) in [5.41, 5.74) is 0.872. The van der Waals surface area contributed by atoms with Gasteiger partial charge < -0.3 is 9.80 Å². The normalized spacial score (nSPS) is 20.2. The quantitative estimate of drug-likeness (QED) is 0.832. The number of carbonyl (C=O) groups excluding carboxylic acids is 1. The monoisotopic (exact) mass is 329 g/mol. The van der Waals surface area contributed by atoms with E-state index in [1.54, 1.807) is 36.6 Å². The lowest BCUT2D eigenvalue weighted by atomic mass is 10.1. The Hall–Kier alpha value is -2.57. The number of amides is 1. The van der Waals surface area contributed by atoms with Crippen LogP contribution < -0.4 is 4.90 Å². The summed E-state index contributed by atoms with van der Waals surface area (Å²) >= 11 is 0. The molecule has 1 aliphatic heterocycles. The van der Waals surface area contributed by atoms with Crippen molar-refractivity contribution in [1.82, 2.24) is 19.9 Å². The Labute approximate surface area is 140 Å². The summed E-state index contributed by atoms with van der Waals surface area (Å²) in [6, 6.07) is 5.36. The molecule has 0 bridgehead atoms. The predicted molar refractivity (Wildman–Crippen MR) is 88.3 cm³/mol. The number of likely N-dealkylation sites (N-methyl/N-ethyl adjacent to an activating group) is 1. The van der Waals surface area contributed by atoms with Gasteiger partial charge in [-0.15, -0.1) is 0 Å². The number of halogens is 1. The average Bonchev–Trinajstić information content (AvgIpc) is 2.97. The minimum atomic E-state index is -0.910. The standard InChI is InChI=1S/C17H20FN5O/c1-22(17(24)7-13-3-2-5-19-9-13)11-15-8-14(18)10-23(15)16-4-6-20-12-21-16/h2-6,9,12,14-15H,7-8,10-11H2,1H3/t14-,15-/m0/s1. The van der Waals surface area contributed by atoms with Gasteiger partial charge in [0.05, 0.1) is 19.0 Å². The fourth-order valence-electron chi connectivity index (χ4n) is 3.00. The molecule has 1 fully saturated rings. The van der Waals surface area contributed by atoms with Gasteiger partial charge in [0.1, 0.15) is 18.3 Å². The van der Waals surface area contributed by atoms with E-state index in [1.165, 1.54) is 6.33 Å². The second kappa shape index (κ2) is 7.33. The third kappa shape index (κ3) is 3.84. The van der Waals surface area contributed by atoms with Crippen molar-refractivity contribution in [3.63, 3.8) is 0 Å². The molecule has 2 aromatic rings. The molecule has 0 saturated carbocycles. The van der Waals surface area contributed by atoms with Gasteiger partial charge in [-0.3, -0.25) is 9.78 Å². The number of carbonyl (C=O) groups is 1. The first kappa shape index (κ1) is 16.3. The molecule has 2 atom stereocenters. The highest BCUT2D eigenvalue weighted by atomic mass is 19.1. The molecular weight excluding hydrogens is 309 g/mol. The lowest BCUT2D eigenvalue weighted by molar-refractivity contribution is -0.129. The smallest absolute Gasteiger partial charge is 0.226 e. The zero-order valence-corrected chi connectivity index (χ0v) is 13.5. The molecule has 126 valence electrons. The van der Waals surface area contributed by atoms with E-state index in [0.29, 0.717) is 31.7 Å². The van der Waals surface area contributed by atoms with Crippen molar-refractivity contribution in [3.8, 4) is 0 Å². The van der Waals surface area contributed by atoms with Crippen molar-refractivity contribution >= 4 is 11.7 Å². The summed E-state index contributed by atoms with van der Waals surface area (Å²) in [7, 11) is 1.75. The van der Waals surface area contributed by atoms with E-state index in [0.717, 1.165) is 5.56 Å². The van der Waals surface area contributed by atoms with Gasteiger partial charge in [0.15, 0.2) is 0 Å². The Kier molecular flexibility index (Phi) is 4.98. The minimum absolute atomic E-state index is 0.00653. The molecule has 0 aromatic carbocycles. The fourth-order valence-corrected chi connectivity index (χ4v) is 3.00. The highest BCUT2D eigenvalue weighted by molar-refractivity contribution is 5.78. The lowest BCUT2D eigenvalue weighted by Crippen LogP contribution is -2.42. The number of hydrogen-bond donors (Lipinski definition) is 0. The van der Waals surface area contributed by atoms with Crippen molar-refractivity contribution in [3.05, 3.63) is 48.7 Å². The molecule has 3 heterocycles. The van der Waals surface area contributed by atoms with E-state index >= 15 is 0 Å². The van der Waals surface area contributed by atoms with Crippen molar-refractivity contribution in [2.24, 2.45) is 0 Å². The van der Waals surface area contributed by atoms with E-state index in [2.05, 4.69) is 15.0 Å². The Morgan fingerprint density at radius 1 is 1.38 bits per heavy atom. The Bertz CT molecular complexity index is 669. The van der Waals surface area contributed by atoms with Gasteiger partial charge in [-0.1, -0.05) is 6.07 Å². The Balaban J connectivity index is 1.64. The fraction of sp³-hybridized carbons (Fsp3) is 0.412. The average molecular weight is 329 g/mol. The Morgan fingerprint density at radius 3 is 2.96 bits per heavy atom. The van der Waals surface area contributed by atoms with Crippen molar-refractivity contribution in [1.29, 1.82) is 0 Å². The van der Waals surface area contributed by atoms with Crippen molar-refractivity contribution in [2.75, 3.05) is 25.0 Å². The van der Waals surface area contributed by atoms with Gasteiger partial charge in [-0.05, 0) is 17.7 Å². The molecule has 1 aliphatic rings. The third-order valence-corrected chi connectivity index (χ3v) is 4.21. The van der Waals surface area contributed by atoms with Crippen molar-refractivity contribution < 1.29 is 9.18 Å². The largest absolute Gasteiger partial charge is 0.349 e. The van der Waals surface area contributed by atoms with Gasteiger partial charge in [0, 0.05) is 38.6 Å². The van der Waals surface area contributed by atoms with Crippen LogP contribution in [0.2, 0.25) is 0 Å². The summed E-state index contributed by atoms with van der Waals surface area (Å²) in [4.78, 5) is 28.1. The third-order valence-electron chi connectivity index (χ3n) is 4.21. The van der Waals surface area contributed by atoms with Crippen LogP contribution >= 0.6 is 0 Å². The summed E-state index contributed by atoms with van der Waals surface area (Å²) in [6.07, 6.45) is 6.24. The van der Waals surface area contributed by atoms with Gasteiger partial charge in [0.2, 0.25) is 5.91 Å². The molecule has 0 radical (unpaired) electrons. The summed E-state index contributed by atoms with van der Waals surface area (Å²) < 4.78 is 13.9. The molecular formula is C17H20FN5O. The molecule has 24 heavy (non-hydrogen) atoms. The van der Waals surface area contributed by atoms with Gasteiger partial charge in [-0.2, -0.15) is 0 Å². The van der Waals surface area contributed by atoms with Crippen LogP contribution in [0.25, 0.3) is 0 Å². The van der Waals surface area contributed by atoms with E-state index < -0.39 is 6.17 Å². The highest BCUT2D eigenvalue weighted by Crippen LogP contribution is 2.26. The number of nitrogens with zero attached hydrogens (tertiary/aromatic N) is 5. The molecule has 1 amide bonds. The van der Waals surface area contributed by atoms with E-state index in [1.807, 2.05) is 17.0 Å². The van der Waals surface area contributed by atoms with Crippen LogP contribution in [-0.2, 0) is 11.2 Å². The maximum absolute atomic E-state index is 13.9. The highest BCUT2D eigenvalue weighted by Gasteiger charge is 2.34. The Morgan fingerprint density at radius 2 is 2.25 bits per heavy atom. The zero-order chi connectivity index (χ0) is 16.9. The molecule has 6 nitrogen and oxygen atoms in total. The number of alkyl halides is 1. The van der Waals surface area contributed by atoms with E-state index in [-0.39, 0.29) is 11.9 Å². The van der Waals surface area contributed by atoms with Crippen LogP contribution in [0.3, 0.4) is 0 Å². The maximum atomic E-state index is 13.9. The first-order valence-corrected chi connectivity index (χ1v) is 7.93. The first-order chi connectivity index (χ1) is 11.6. The van der Waals surface area contributed by atoms with Crippen molar-refractivity contribution in [2.45, 2.75) is 25.1 Å². The SMILES string of the molecule is CN(C[C@@H]1C[C@H](F)CN1c1ccncn1)C(=O)Cc1cccnc1. The summed E-state index contributed by atoms with van der Waals surface area (Å²) in [5.74, 6) is 0.691. The van der Waals surface area contributed by atoms with Crippen LogP contribution in [0.5, 0.6) is 0 Å². The van der Waals surface area contributed by atoms with Crippen LogP contribution in [0.4, 0.5) is 10.2 Å². The molecule has 7 heteroatoms. The molecule has 0 unspecified atom stereocenters. The second-order valence-corrected chi connectivity index (χ2v) is 6.02. The molecule has 0 aliphatic carbocycles. The van der Waals surface area contributed by atoms with E-state index in [9.17, 15) is 9.18 Å². The summed E-state index contributed by atoms with van der Waals surface area (Å²) in [5, 5.41) is 0. The second-order valence-electron chi connectivity index (χ2n) is 6.02. The lowest BCUT2D eigenvalue weighted by Gasteiger charge is -2.29. The molecule has 2 aromatic heterocycles. The van der Waals surface area contributed by atoms with Gasteiger partial charge in [0.25, 0.3) is 0 Å². The number of rotatable bonds is 5. The van der Waals surface area contributed by atoms with Crippen LogP contribution in [-0.4, -0.2) is 58.1 Å². The number of hydrogen-bond acceptors (Lipinski definition) is 5. The van der Waals surface area contributed by atoms with E-state index in [4.69, 9.17) is 0 Å². The maximum Gasteiger partial charge on any atom is 0.226 e. The van der Waals surface area contributed by atoms with Crippen LogP contribution in [0.15, 0.2) is 43.1 Å². The molecule has 1 saturated heterocycles.